The summed E-state index contributed by atoms with van der Waals surface area (Å²) in [6, 6.07) is 5.76. The fourth-order valence-corrected chi connectivity index (χ4v) is 2.20. The van der Waals surface area contributed by atoms with E-state index in [2.05, 4.69) is 9.88 Å². The van der Waals surface area contributed by atoms with Gasteiger partial charge in [0.25, 0.3) is 0 Å². The lowest BCUT2D eigenvalue weighted by Crippen LogP contribution is -2.45. The number of hydrogen-bond donors (Lipinski definition) is 0. The Labute approximate surface area is 114 Å². The summed E-state index contributed by atoms with van der Waals surface area (Å²) in [7, 11) is 4.02. The Morgan fingerprint density at radius 2 is 2.00 bits per heavy atom. The van der Waals surface area contributed by atoms with Gasteiger partial charge in [-0.15, -0.1) is 0 Å². The third-order valence-corrected chi connectivity index (χ3v) is 3.30. The van der Waals surface area contributed by atoms with Crippen LogP contribution in [-0.4, -0.2) is 61.1 Å². The number of hydrogen-bond acceptors (Lipinski definition) is 3. The van der Waals surface area contributed by atoms with Gasteiger partial charge in [-0.2, -0.15) is 0 Å². The Morgan fingerprint density at radius 3 is 2.58 bits per heavy atom. The minimum atomic E-state index is 0.0815. The number of anilines is 1. The summed E-state index contributed by atoms with van der Waals surface area (Å²) in [6.07, 6.45) is 3.94. The van der Waals surface area contributed by atoms with Crippen molar-refractivity contribution in [2.24, 2.45) is 0 Å². The number of pyridine rings is 1. The molecule has 0 saturated carbocycles. The predicted molar refractivity (Wildman–Crippen MR) is 76.3 cm³/mol. The van der Waals surface area contributed by atoms with Crippen molar-refractivity contribution in [3.05, 3.63) is 24.4 Å². The first-order valence-corrected chi connectivity index (χ1v) is 6.80. The second-order valence-corrected chi connectivity index (χ2v) is 5.12. The van der Waals surface area contributed by atoms with Crippen LogP contribution in [0.15, 0.2) is 24.4 Å². The third-order valence-electron chi connectivity index (χ3n) is 3.30. The van der Waals surface area contributed by atoms with Gasteiger partial charge in [0, 0.05) is 32.4 Å². The smallest absolute Gasteiger partial charge is 0.324 e. The van der Waals surface area contributed by atoms with Crippen LogP contribution in [-0.2, 0) is 0 Å². The van der Waals surface area contributed by atoms with Crippen molar-refractivity contribution in [3.8, 4) is 0 Å². The quantitative estimate of drug-likeness (QED) is 0.828. The monoisotopic (exact) mass is 262 g/mol. The van der Waals surface area contributed by atoms with E-state index in [4.69, 9.17) is 0 Å². The van der Waals surface area contributed by atoms with Crippen LogP contribution in [0.1, 0.15) is 12.8 Å². The van der Waals surface area contributed by atoms with Gasteiger partial charge in [-0.25, -0.2) is 9.78 Å². The highest BCUT2D eigenvalue weighted by Crippen LogP contribution is 2.16. The van der Waals surface area contributed by atoms with Gasteiger partial charge in [0.05, 0.1) is 0 Å². The van der Waals surface area contributed by atoms with Gasteiger partial charge in [-0.3, -0.25) is 4.90 Å². The average molecular weight is 262 g/mol. The zero-order valence-corrected chi connectivity index (χ0v) is 11.7. The summed E-state index contributed by atoms with van der Waals surface area (Å²) in [5, 5.41) is 0. The van der Waals surface area contributed by atoms with Crippen LogP contribution in [0.25, 0.3) is 0 Å². The maximum Gasteiger partial charge on any atom is 0.325 e. The van der Waals surface area contributed by atoms with E-state index >= 15 is 0 Å². The van der Waals surface area contributed by atoms with Crippen molar-refractivity contribution >= 4 is 11.8 Å². The van der Waals surface area contributed by atoms with Crippen LogP contribution in [0.2, 0.25) is 0 Å². The van der Waals surface area contributed by atoms with Crippen LogP contribution in [0, 0.1) is 0 Å². The molecule has 2 rings (SSSR count). The Balaban J connectivity index is 2.11. The van der Waals surface area contributed by atoms with E-state index in [1.165, 1.54) is 0 Å². The van der Waals surface area contributed by atoms with Crippen LogP contribution in [0.5, 0.6) is 0 Å². The van der Waals surface area contributed by atoms with Crippen molar-refractivity contribution in [2.45, 2.75) is 12.8 Å². The highest BCUT2D eigenvalue weighted by Gasteiger charge is 2.25. The molecule has 1 aromatic rings. The van der Waals surface area contributed by atoms with E-state index in [-0.39, 0.29) is 6.03 Å². The SMILES string of the molecule is CN(C)CCN(C(=O)N1CCCC1)c1ccccn1. The lowest BCUT2D eigenvalue weighted by Gasteiger charge is -2.28. The van der Waals surface area contributed by atoms with Crippen molar-refractivity contribution < 1.29 is 4.79 Å². The van der Waals surface area contributed by atoms with E-state index in [1.54, 1.807) is 11.1 Å². The molecule has 1 aliphatic rings. The van der Waals surface area contributed by atoms with E-state index < -0.39 is 0 Å². The molecule has 0 spiro atoms. The standard InChI is InChI=1S/C14H22N4O/c1-16(2)11-12-18(13-7-3-4-8-15-13)14(19)17-9-5-6-10-17/h3-4,7-8H,5-6,9-12H2,1-2H3. The number of urea groups is 1. The van der Waals surface area contributed by atoms with Gasteiger partial charge in [0.2, 0.25) is 0 Å². The minimum absolute atomic E-state index is 0.0815. The molecule has 1 aliphatic heterocycles. The molecule has 0 aromatic carbocycles. The van der Waals surface area contributed by atoms with Crippen LogP contribution in [0.4, 0.5) is 10.6 Å². The van der Waals surface area contributed by atoms with Crippen LogP contribution < -0.4 is 4.90 Å². The van der Waals surface area contributed by atoms with Crippen molar-refractivity contribution in [3.63, 3.8) is 0 Å². The molecule has 5 nitrogen and oxygen atoms in total. The molecule has 0 atom stereocenters. The van der Waals surface area contributed by atoms with Gasteiger partial charge in [-0.1, -0.05) is 6.07 Å². The number of carbonyl (C=O) groups excluding carboxylic acids is 1. The van der Waals surface area contributed by atoms with Crippen molar-refractivity contribution in [2.75, 3.05) is 45.2 Å². The first kappa shape index (κ1) is 13.8. The summed E-state index contributed by atoms with van der Waals surface area (Å²) in [5.74, 6) is 0.737. The molecular formula is C14H22N4O. The molecule has 1 aromatic heterocycles. The Morgan fingerprint density at radius 1 is 1.26 bits per heavy atom. The summed E-state index contributed by atoms with van der Waals surface area (Å²) < 4.78 is 0. The van der Waals surface area contributed by atoms with Crippen molar-refractivity contribution in [1.82, 2.24) is 14.8 Å². The Bertz CT molecular complexity index is 401. The van der Waals surface area contributed by atoms with E-state index in [0.717, 1.165) is 38.3 Å². The fraction of sp³-hybridized carbons (Fsp3) is 0.571. The maximum atomic E-state index is 12.6. The molecule has 0 N–H and O–H groups in total. The topological polar surface area (TPSA) is 39.7 Å². The average Bonchev–Trinajstić information content (AvgIpc) is 2.93. The second kappa shape index (κ2) is 6.52. The lowest BCUT2D eigenvalue weighted by atomic mass is 10.4. The zero-order chi connectivity index (χ0) is 13.7. The van der Waals surface area contributed by atoms with E-state index in [1.807, 2.05) is 37.2 Å². The van der Waals surface area contributed by atoms with Crippen molar-refractivity contribution in [1.29, 1.82) is 0 Å². The highest BCUT2D eigenvalue weighted by atomic mass is 16.2. The summed E-state index contributed by atoms with van der Waals surface area (Å²) in [6.45, 7) is 3.23. The largest absolute Gasteiger partial charge is 0.325 e. The molecule has 0 unspecified atom stereocenters. The van der Waals surface area contributed by atoms with Gasteiger partial charge in [0.1, 0.15) is 5.82 Å². The predicted octanol–water partition coefficient (Wildman–Crippen LogP) is 1.67. The third kappa shape index (κ3) is 3.67. The number of rotatable bonds is 4. The number of nitrogens with zero attached hydrogens (tertiary/aromatic N) is 4. The van der Waals surface area contributed by atoms with E-state index in [0.29, 0.717) is 6.54 Å². The molecular weight excluding hydrogens is 240 g/mol. The Hall–Kier alpha value is -1.62. The first-order valence-electron chi connectivity index (χ1n) is 6.80. The number of carbonyl (C=O) groups is 1. The molecule has 2 heterocycles. The Kier molecular flexibility index (Phi) is 4.74. The normalized spacial score (nSPS) is 15.0. The molecule has 1 saturated heterocycles. The van der Waals surface area contributed by atoms with Gasteiger partial charge >= 0.3 is 6.03 Å². The second-order valence-electron chi connectivity index (χ2n) is 5.12. The van der Waals surface area contributed by atoms with Gasteiger partial charge < -0.3 is 9.80 Å². The molecule has 0 radical (unpaired) electrons. The number of amides is 2. The lowest BCUT2D eigenvalue weighted by molar-refractivity contribution is 0.214. The molecule has 0 aliphatic carbocycles. The summed E-state index contributed by atoms with van der Waals surface area (Å²) in [4.78, 5) is 22.6. The van der Waals surface area contributed by atoms with Crippen LogP contribution >= 0.6 is 0 Å². The molecule has 2 amide bonds. The number of aromatic nitrogens is 1. The van der Waals surface area contributed by atoms with E-state index in [9.17, 15) is 4.79 Å². The zero-order valence-electron chi connectivity index (χ0n) is 11.7. The molecule has 19 heavy (non-hydrogen) atoms. The first-order chi connectivity index (χ1) is 9.18. The maximum absolute atomic E-state index is 12.6. The number of likely N-dealkylation sites (N-methyl/N-ethyl adjacent to an activating group) is 1. The van der Waals surface area contributed by atoms with Gasteiger partial charge in [-0.05, 0) is 39.1 Å². The van der Waals surface area contributed by atoms with Crippen LogP contribution in [0.3, 0.4) is 0 Å². The molecule has 5 heteroatoms. The summed E-state index contributed by atoms with van der Waals surface area (Å²) >= 11 is 0. The highest BCUT2D eigenvalue weighted by molar-refractivity contribution is 5.91. The number of likely N-dealkylation sites (tertiary alicyclic amines) is 1. The molecule has 104 valence electrons. The molecule has 0 bridgehead atoms. The van der Waals surface area contributed by atoms with Gasteiger partial charge in [0.15, 0.2) is 0 Å². The summed E-state index contributed by atoms with van der Waals surface area (Å²) in [5.41, 5.74) is 0. The molecule has 1 fully saturated rings. The fourth-order valence-electron chi connectivity index (χ4n) is 2.20. The minimum Gasteiger partial charge on any atom is -0.324 e.